The number of nitrogens with zero attached hydrogens (tertiary/aromatic N) is 3. The Morgan fingerprint density at radius 2 is 1.16 bits per heavy atom. The molecule has 1 atom stereocenters. The van der Waals surface area contributed by atoms with E-state index in [4.69, 9.17) is 14.4 Å². The van der Waals surface area contributed by atoms with Gasteiger partial charge in [0.05, 0.1) is 22.3 Å². The first-order valence-electron chi connectivity index (χ1n) is 17.0. The van der Waals surface area contributed by atoms with Crippen molar-refractivity contribution in [1.82, 2.24) is 14.5 Å². The lowest BCUT2D eigenvalue weighted by Gasteiger charge is -2.20. The Labute approximate surface area is 285 Å². The van der Waals surface area contributed by atoms with Crippen molar-refractivity contribution in [1.29, 1.82) is 0 Å². The van der Waals surface area contributed by atoms with Gasteiger partial charge in [-0.05, 0) is 46.7 Å². The van der Waals surface area contributed by atoms with E-state index in [1.807, 2.05) is 0 Å². The van der Waals surface area contributed by atoms with E-state index in [2.05, 4.69) is 171 Å². The van der Waals surface area contributed by atoms with Gasteiger partial charge in [0.25, 0.3) is 0 Å². The summed E-state index contributed by atoms with van der Waals surface area (Å²) in [7, 11) is 0. The lowest BCUT2D eigenvalue weighted by molar-refractivity contribution is 0.521. The second kappa shape index (κ2) is 11.6. The van der Waals surface area contributed by atoms with Crippen LogP contribution in [0.15, 0.2) is 150 Å². The van der Waals surface area contributed by atoms with Gasteiger partial charge in [-0.15, -0.1) is 0 Å². The number of hydrogen-bond acceptors (Lipinski definition) is 3. The van der Waals surface area contributed by atoms with Crippen LogP contribution in [0.3, 0.4) is 0 Å². The lowest BCUT2D eigenvalue weighted by Crippen LogP contribution is -2.03. The monoisotopic (exact) mass is 633 g/mol. The van der Waals surface area contributed by atoms with Gasteiger partial charge in [-0.2, -0.15) is 0 Å². The summed E-state index contributed by atoms with van der Waals surface area (Å²) in [6, 6.07) is 51.5. The molecule has 0 saturated carbocycles. The standard InChI is InChI=1S/C45H35N3O/c1-28(2)29(3)39-27-25-37-36-22-13-23-38(43(36)49-45(37)47-39)44-46-40-26-24-32-18-10-11-19-35(32)42(40)48(44)41-33(30-14-6-4-7-15-30)20-12-21-34(41)31-16-8-5-9-17-31/h4-29H,1-3H3. The Kier molecular flexibility index (Phi) is 6.91. The van der Waals surface area contributed by atoms with Crippen LogP contribution in [0.1, 0.15) is 32.4 Å². The van der Waals surface area contributed by atoms with Gasteiger partial charge in [-0.3, -0.25) is 4.57 Å². The van der Waals surface area contributed by atoms with E-state index in [0.717, 1.165) is 77.8 Å². The summed E-state index contributed by atoms with van der Waals surface area (Å²) in [6.45, 7) is 6.70. The predicted octanol–water partition coefficient (Wildman–Crippen LogP) is 12.2. The first kappa shape index (κ1) is 29.2. The fraction of sp³-hybridized carbons (Fsp3) is 0.111. The Morgan fingerprint density at radius 1 is 0.531 bits per heavy atom. The topological polar surface area (TPSA) is 43.9 Å². The zero-order chi connectivity index (χ0) is 33.1. The van der Waals surface area contributed by atoms with E-state index in [1.54, 1.807) is 0 Å². The SMILES string of the molecule is CC(C)C(C)c1ccc2c(n1)oc1c(-c3nc4ccc5ccccc5c4n3-c3c(-c4ccccc4)cccc3-c3ccccc3)cccc12. The first-order chi connectivity index (χ1) is 24.1. The zero-order valence-corrected chi connectivity index (χ0v) is 27.8. The molecule has 0 saturated heterocycles. The van der Waals surface area contributed by atoms with Crippen LogP contribution in [0.5, 0.6) is 0 Å². The van der Waals surface area contributed by atoms with Crippen molar-refractivity contribution >= 4 is 43.9 Å². The van der Waals surface area contributed by atoms with Crippen LogP contribution in [0, 0.1) is 5.92 Å². The van der Waals surface area contributed by atoms with E-state index in [0.29, 0.717) is 17.5 Å². The van der Waals surface area contributed by atoms with Crippen LogP contribution in [0.4, 0.5) is 0 Å². The number of hydrogen-bond donors (Lipinski definition) is 0. The van der Waals surface area contributed by atoms with Crippen molar-refractivity contribution in [2.75, 3.05) is 0 Å². The number of imidazole rings is 1. The van der Waals surface area contributed by atoms with Gasteiger partial charge in [-0.25, -0.2) is 9.97 Å². The van der Waals surface area contributed by atoms with Crippen molar-refractivity contribution < 1.29 is 4.42 Å². The van der Waals surface area contributed by atoms with Crippen LogP contribution < -0.4 is 0 Å². The molecule has 4 nitrogen and oxygen atoms in total. The van der Waals surface area contributed by atoms with Crippen molar-refractivity contribution in [2.24, 2.45) is 5.92 Å². The molecule has 0 amide bonds. The maximum atomic E-state index is 6.75. The average molecular weight is 634 g/mol. The third kappa shape index (κ3) is 4.75. The second-order valence-corrected chi connectivity index (χ2v) is 13.3. The van der Waals surface area contributed by atoms with E-state index >= 15 is 0 Å². The second-order valence-electron chi connectivity index (χ2n) is 13.3. The Hall–Kier alpha value is -6.00. The van der Waals surface area contributed by atoms with Crippen LogP contribution in [-0.2, 0) is 0 Å². The van der Waals surface area contributed by atoms with Gasteiger partial charge in [0.1, 0.15) is 11.4 Å². The largest absolute Gasteiger partial charge is 0.437 e. The molecule has 0 spiro atoms. The highest BCUT2D eigenvalue weighted by atomic mass is 16.3. The minimum Gasteiger partial charge on any atom is -0.437 e. The lowest BCUT2D eigenvalue weighted by atomic mass is 9.94. The molecule has 0 bridgehead atoms. The molecular weight excluding hydrogens is 599 g/mol. The molecule has 4 heteroatoms. The fourth-order valence-electron chi connectivity index (χ4n) is 7.19. The molecule has 9 rings (SSSR count). The summed E-state index contributed by atoms with van der Waals surface area (Å²) in [4.78, 5) is 10.5. The molecule has 0 N–H and O–H groups in total. The number of rotatable bonds is 6. The van der Waals surface area contributed by atoms with Gasteiger partial charge >= 0.3 is 0 Å². The number of furan rings is 1. The normalized spacial score (nSPS) is 12.5. The molecule has 236 valence electrons. The summed E-state index contributed by atoms with van der Waals surface area (Å²) in [5, 5.41) is 4.36. The van der Waals surface area contributed by atoms with Crippen molar-refractivity contribution in [3.8, 4) is 39.3 Å². The van der Waals surface area contributed by atoms with Crippen molar-refractivity contribution in [3.05, 3.63) is 151 Å². The zero-order valence-electron chi connectivity index (χ0n) is 27.8. The number of para-hydroxylation sites is 2. The molecule has 3 aromatic heterocycles. The molecular formula is C45H35N3O. The van der Waals surface area contributed by atoms with Crippen LogP contribution in [-0.4, -0.2) is 14.5 Å². The van der Waals surface area contributed by atoms with Crippen molar-refractivity contribution in [2.45, 2.75) is 26.7 Å². The molecule has 0 aliphatic carbocycles. The van der Waals surface area contributed by atoms with E-state index in [1.165, 1.54) is 5.39 Å². The quantitative estimate of drug-likeness (QED) is 0.183. The first-order valence-corrected chi connectivity index (χ1v) is 17.0. The minimum absolute atomic E-state index is 0.320. The smallest absolute Gasteiger partial charge is 0.227 e. The molecule has 9 aromatic rings. The molecule has 49 heavy (non-hydrogen) atoms. The number of benzene rings is 6. The highest BCUT2D eigenvalue weighted by molar-refractivity contribution is 6.11. The third-order valence-corrected chi connectivity index (χ3v) is 10.1. The van der Waals surface area contributed by atoms with Gasteiger partial charge in [0.15, 0.2) is 0 Å². The van der Waals surface area contributed by atoms with E-state index < -0.39 is 0 Å². The summed E-state index contributed by atoms with van der Waals surface area (Å²) < 4.78 is 9.13. The Bertz CT molecular complexity index is 2590. The summed E-state index contributed by atoms with van der Waals surface area (Å²) in [6.07, 6.45) is 0. The van der Waals surface area contributed by atoms with Crippen LogP contribution in [0.2, 0.25) is 0 Å². The predicted molar refractivity (Wildman–Crippen MR) is 203 cm³/mol. The van der Waals surface area contributed by atoms with Gasteiger partial charge in [0.2, 0.25) is 5.71 Å². The minimum atomic E-state index is 0.320. The maximum Gasteiger partial charge on any atom is 0.227 e. The molecule has 3 heterocycles. The molecule has 0 aliphatic rings. The van der Waals surface area contributed by atoms with Gasteiger partial charge in [0, 0.05) is 38.9 Å². The van der Waals surface area contributed by atoms with Gasteiger partial charge < -0.3 is 4.42 Å². The summed E-state index contributed by atoms with van der Waals surface area (Å²) >= 11 is 0. The Morgan fingerprint density at radius 3 is 1.88 bits per heavy atom. The molecule has 6 aromatic carbocycles. The fourth-order valence-corrected chi connectivity index (χ4v) is 7.19. The molecule has 0 radical (unpaired) electrons. The Balaban J connectivity index is 1.42. The van der Waals surface area contributed by atoms with E-state index in [9.17, 15) is 0 Å². The maximum absolute atomic E-state index is 6.75. The third-order valence-electron chi connectivity index (χ3n) is 10.1. The van der Waals surface area contributed by atoms with E-state index in [-0.39, 0.29) is 0 Å². The molecule has 0 fully saturated rings. The number of fused-ring (bicyclic) bond motifs is 6. The van der Waals surface area contributed by atoms with Crippen LogP contribution in [0.25, 0.3) is 83.2 Å². The molecule has 1 unspecified atom stereocenters. The number of aromatic nitrogens is 3. The highest BCUT2D eigenvalue weighted by Crippen LogP contribution is 2.44. The summed E-state index contributed by atoms with van der Waals surface area (Å²) in [5.41, 5.74) is 11.0. The van der Waals surface area contributed by atoms with Crippen molar-refractivity contribution in [3.63, 3.8) is 0 Å². The van der Waals surface area contributed by atoms with Gasteiger partial charge in [-0.1, -0.05) is 142 Å². The number of pyridine rings is 1. The van der Waals surface area contributed by atoms with Crippen LogP contribution >= 0.6 is 0 Å². The molecule has 0 aliphatic heterocycles. The average Bonchev–Trinajstić information content (AvgIpc) is 3.73. The summed E-state index contributed by atoms with van der Waals surface area (Å²) in [5.74, 6) is 1.62. The highest BCUT2D eigenvalue weighted by Gasteiger charge is 2.25.